The van der Waals surface area contributed by atoms with Crippen LogP contribution in [0.1, 0.15) is 17.5 Å². The molecule has 0 radical (unpaired) electrons. The van der Waals surface area contributed by atoms with Crippen molar-refractivity contribution in [1.29, 1.82) is 0 Å². The van der Waals surface area contributed by atoms with Crippen LogP contribution in [0.4, 0.5) is 4.39 Å². The van der Waals surface area contributed by atoms with Gasteiger partial charge in [0.05, 0.1) is 0 Å². The number of aryl methyl sites for hydroxylation is 1. The molecule has 0 aromatic heterocycles. The molecule has 0 saturated carbocycles. The number of halogens is 2. The maximum absolute atomic E-state index is 13.1. The minimum atomic E-state index is -0.487. The summed E-state index contributed by atoms with van der Waals surface area (Å²) >= 11 is 5.91. The van der Waals surface area contributed by atoms with Crippen molar-refractivity contribution in [2.75, 3.05) is 0 Å². The summed E-state index contributed by atoms with van der Waals surface area (Å²) in [5.41, 5.74) is 1.84. The van der Waals surface area contributed by atoms with Crippen LogP contribution in [-0.4, -0.2) is 11.9 Å². The first-order chi connectivity index (χ1) is 11.1. The van der Waals surface area contributed by atoms with E-state index in [2.05, 4.69) is 4.99 Å². The molecule has 2 aromatic rings. The number of rotatable bonds is 4. The van der Waals surface area contributed by atoms with Crippen molar-refractivity contribution < 1.29 is 13.9 Å². The standard InChI is InChI=1S/C18H13ClFNO2/c19-14-5-1-4-13(9-14)11-16-18(22)23-17(21-16)8-7-12-3-2-6-15(20)10-12/h1-6,9-11H,7-8H2/b16-11+. The number of esters is 1. The number of carbonyl (C=O) groups excluding carboxylic acids is 1. The smallest absolute Gasteiger partial charge is 0.363 e. The van der Waals surface area contributed by atoms with E-state index in [0.717, 1.165) is 11.1 Å². The molecular weight excluding hydrogens is 317 g/mol. The van der Waals surface area contributed by atoms with Crippen LogP contribution in [0.5, 0.6) is 0 Å². The summed E-state index contributed by atoms with van der Waals surface area (Å²) in [6.45, 7) is 0. The number of aliphatic imine (C=N–C) groups is 1. The fourth-order valence-corrected chi connectivity index (χ4v) is 2.46. The average Bonchev–Trinajstić information content (AvgIpc) is 2.86. The van der Waals surface area contributed by atoms with Crippen LogP contribution >= 0.6 is 11.6 Å². The maximum atomic E-state index is 13.1. The molecule has 0 unspecified atom stereocenters. The van der Waals surface area contributed by atoms with Crippen molar-refractivity contribution in [3.05, 3.63) is 76.2 Å². The monoisotopic (exact) mass is 329 g/mol. The third kappa shape index (κ3) is 4.05. The number of carbonyl (C=O) groups is 1. The van der Waals surface area contributed by atoms with Crippen LogP contribution in [0.15, 0.2) is 59.2 Å². The lowest BCUT2D eigenvalue weighted by Crippen LogP contribution is -2.05. The topological polar surface area (TPSA) is 38.7 Å². The Morgan fingerprint density at radius 2 is 1.96 bits per heavy atom. The molecule has 1 aliphatic heterocycles. The Bertz CT molecular complexity index is 814. The van der Waals surface area contributed by atoms with E-state index in [-0.39, 0.29) is 11.5 Å². The van der Waals surface area contributed by atoms with Gasteiger partial charge in [-0.2, -0.15) is 0 Å². The molecule has 23 heavy (non-hydrogen) atoms. The molecule has 0 bridgehead atoms. The van der Waals surface area contributed by atoms with E-state index >= 15 is 0 Å². The Morgan fingerprint density at radius 1 is 1.13 bits per heavy atom. The Hall–Kier alpha value is -2.46. The van der Waals surface area contributed by atoms with Gasteiger partial charge >= 0.3 is 5.97 Å². The Balaban J connectivity index is 1.71. The molecule has 0 aliphatic carbocycles. The molecule has 3 nitrogen and oxygen atoms in total. The highest BCUT2D eigenvalue weighted by atomic mass is 35.5. The van der Waals surface area contributed by atoms with Gasteiger partial charge in [-0.3, -0.25) is 0 Å². The molecule has 0 atom stereocenters. The summed E-state index contributed by atoms with van der Waals surface area (Å²) in [5, 5.41) is 0.584. The zero-order chi connectivity index (χ0) is 16.2. The third-order valence-corrected chi connectivity index (χ3v) is 3.57. The van der Waals surface area contributed by atoms with Crippen molar-refractivity contribution in [2.45, 2.75) is 12.8 Å². The second-order valence-corrected chi connectivity index (χ2v) is 5.55. The molecule has 5 heteroatoms. The predicted molar refractivity (Wildman–Crippen MR) is 87.7 cm³/mol. The number of ether oxygens (including phenoxy) is 1. The lowest BCUT2D eigenvalue weighted by atomic mass is 10.1. The second-order valence-electron chi connectivity index (χ2n) is 5.11. The van der Waals surface area contributed by atoms with Crippen LogP contribution in [0, 0.1) is 5.82 Å². The molecular formula is C18H13ClFNO2. The van der Waals surface area contributed by atoms with E-state index in [1.165, 1.54) is 12.1 Å². The number of cyclic esters (lactones) is 1. The van der Waals surface area contributed by atoms with Gasteiger partial charge < -0.3 is 4.74 Å². The predicted octanol–water partition coefficient (Wildman–Crippen LogP) is 4.41. The van der Waals surface area contributed by atoms with Crippen molar-refractivity contribution >= 4 is 29.5 Å². The molecule has 0 spiro atoms. The van der Waals surface area contributed by atoms with Crippen molar-refractivity contribution in [3.63, 3.8) is 0 Å². The molecule has 0 N–H and O–H groups in total. The van der Waals surface area contributed by atoms with Crippen LogP contribution in [0.25, 0.3) is 6.08 Å². The number of nitrogens with zero attached hydrogens (tertiary/aromatic N) is 1. The summed E-state index contributed by atoms with van der Waals surface area (Å²) in [6, 6.07) is 13.4. The zero-order valence-corrected chi connectivity index (χ0v) is 12.9. The van der Waals surface area contributed by atoms with Crippen LogP contribution < -0.4 is 0 Å². The van der Waals surface area contributed by atoms with E-state index < -0.39 is 5.97 Å². The van der Waals surface area contributed by atoms with E-state index in [9.17, 15) is 9.18 Å². The largest absolute Gasteiger partial charge is 0.407 e. The van der Waals surface area contributed by atoms with Gasteiger partial charge in [-0.1, -0.05) is 35.9 Å². The fourth-order valence-electron chi connectivity index (χ4n) is 2.26. The van der Waals surface area contributed by atoms with Crippen LogP contribution in [-0.2, 0) is 16.0 Å². The van der Waals surface area contributed by atoms with Crippen molar-refractivity contribution in [1.82, 2.24) is 0 Å². The minimum absolute atomic E-state index is 0.238. The van der Waals surface area contributed by atoms with Gasteiger partial charge in [-0.25, -0.2) is 14.2 Å². The molecule has 3 rings (SSSR count). The second kappa shape index (κ2) is 6.75. The van der Waals surface area contributed by atoms with Crippen LogP contribution in [0.3, 0.4) is 0 Å². The molecule has 1 aliphatic rings. The summed E-state index contributed by atoms with van der Waals surface area (Å²) < 4.78 is 18.3. The zero-order valence-electron chi connectivity index (χ0n) is 12.1. The first-order valence-electron chi connectivity index (χ1n) is 7.11. The van der Waals surface area contributed by atoms with Gasteiger partial charge in [0.2, 0.25) is 0 Å². The normalized spacial score (nSPS) is 15.7. The summed E-state index contributed by atoms with van der Waals surface area (Å²) in [4.78, 5) is 16.0. The van der Waals surface area contributed by atoms with E-state index in [4.69, 9.17) is 16.3 Å². The molecule has 1 heterocycles. The molecule has 116 valence electrons. The van der Waals surface area contributed by atoms with E-state index in [1.54, 1.807) is 30.3 Å². The highest BCUT2D eigenvalue weighted by Gasteiger charge is 2.22. The lowest BCUT2D eigenvalue weighted by molar-refractivity contribution is -0.130. The van der Waals surface area contributed by atoms with Crippen LogP contribution in [0.2, 0.25) is 5.02 Å². The number of benzene rings is 2. The fraction of sp³-hybridized carbons (Fsp3) is 0.111. The van der Waals surface area contributed by atoms with Gasteiger partial charge in [-0.15, -0.1) is 0 Å². The molecule has 0 fully saturated rings. The first-order valence-corrected chi connectivity index (χ1v) is 7.49. The SMILES string of the molecule is O=C1OC(CCc2cccc(F)c2)=N/C1=C/c1cccc(Cl)c1. The number of hydrogen-bond donors (Lipinski definition) is 0. The quantitative estimate of drug-likeness (QED) is 0.615. The highest BCUT2D eigenvalue weighted by Crippen LogP contribution is 2.19. The lowest BCUT2D eigenvalue weighted by Gasteiger charge is -2.00. The molecule has 0 saturated heterocycles. The van der Waals surface area contributed by atoms with Gasteiger partial charge in [-0.05, 0) is 47.9 Å². The Kier molecular flexibility index (Phi) is 4.53. The number of hydrogen-bond acceptors (Lipinski definition) is 3. The van der Waals surface area contributed by atoms with E-state index in [1.807, 2.05) is 12.1 Å². The molecule has 2 aromatic carbocycles. The summed E-state index contributed by atoms with van der Waals surface area (Å²) in [7, 11) is 0. The molecule has 0 amide bonds. The third-order valence-electron chi connectivity index (χ3n) is 3.33. The van der Waals surface area contributed by atoms with Gasteiger partial charge in [0.1, 0.15) is 5.82 Å². The van der Waals surface area contributed by atoms with Gasteiger partial charge in [0.25, 0.3) is 0 Å². The minimum Gasteiger partial charge on any atom is -0.407 e. The average molecular weight is 330 g/mol. The summed E-state index contributed by atoms with van der Waals surface area (Å²) in [6.07, 6.45) is 2.61. The highest BCUT2D eigenvalue weighted by molar-refractivity contribution is 6.30. The van der Waals surface area contributed by atoms with Crippen molar-refractivity contribution in [3.8, 4) is 0 Å². The Morgan fingerprint density at radius 3 is 2.74 bits per heavy atom. The van der Waals surface area contributed by atoms with Gasteiger partial charge in [0, 0.05) is 11.4 Å². The Labute approximate surface area is 138 Å². The van der Waals surface area contributed by atoms with Crippen molar-refractivity contribution in [2.24, 2.45) is 4.99 Å². The summed E-state index contributed by atoms with van der Waals surface area (Å²) in [5.74, 6) is -0.429. The van der Waals surface area contributed by atoms with Gasteiger partial charge in [0.15, 0.2) is 11.6 Å². The van der Waals surface area contributed by atoms with E-state index in [0.29, 0.717) is 23.8 Å². The first kappa shape index (κ1) is 15.4. The maximum Gasteiger partial charge on any atom is 0.363 e.